The molecular formula is C15H23NO. The fourth-order valence-electron chi connectivity index (χ4n) is 2.45. The Kier molecular flexibility index (Phi) is 4.57. The molecule has 0 bridgehead atoms. The Balaban J connectivity index is 1.81. The van der Waals surface area contributed by atoms with E-state index in [1.807, 2.05) is 0 Å². The third-order valence-electron chi connectivity index (χ3n) is 3.70. The molecule has 1 N–H and O–H groups in total. The zero-order valence-corrected chi connectivity index (χ0v) is 11.0. The maximum Gasteiger partial charge on any atom is 0.0722 e. The molecule has 0 unspecified atom stereocenters. The van der Waals surface area contributed by atoms with E-state index < -0.39 is 0 Å². The number of nitrogens with one attached hydrogen (secondary N) is 1. The lowest BCUT2D eigenvalue weighted by Crippen LogP contribution is -2.29. The first-order valence-electron chi connectivity index (χ1n) is 6.61. The maximum absolute atomic E-state index is 5.89. The lowest BCUT2D eigenvalue weighted by Gasteiger charge is -2.22. The van der Waals surface area contributed by atoms with E-state index in [1.54, 1.807) is 0 Å². The Morgan fingerprint density at radius 2 is 1.82 bits per heavy atom. The van der Waals surface area contributed by atoms with Crippen molar-refractivity contribution in [2.24, 2.45) is 5.92 Å². The Hall–Kier alpha value is -0.860. The van der Waals surface area contributed by atoms with Crippen molar-refractivity contribution in [3.63, 3.8) is 0 Å². The highest BCUT2D eigenvalue weighted by molar-refractivity contribution is 5.32. The minimum Gasteiger partial charge on any atom is -0.376 e. The van der Waals surface area contributed by atoms with Gasteiger partial charge < -0.3 is 10.1 Å². The Bertz CT molecular complexity index is 336. The minimum atomic E-state index is 0.751. The van der Waals surface area contributed by atoms with Crippen LogP contribution in [-0.2, 0) is 11.3 Å². The van der Waals surface area contributed by atoms with Gasteiger partial charge in [-0.1, -0.05) is 18.2 Å². The third-order valence-corrected chi connectivity index (χ3v) is 3.70. The van der Waals surface area contributed by atoms with Gasteiger partial charge in [-0.25, -0.2) is 0 Å². The summed E-state index contributed by atoms with van der Waals surface area (Å²) in [6, 6.07) is 6.44. The predicted octanol–water partition coefficient (Wildman–Crippen LogP) is 2.82. The molecule has 1 saturated heterocycles. The first-order valence-corrected chi connectivity index (χ1v) is 6.61. The SMILES string of the molecule is Cc1cccc(C)c1COCC1CCNCC1. The lowest BCUT2D eigenvalue weighted by molar-refractivity contribution is 0.0758. The molecule has 2 nitrogen and oxygen atoms in total. The number of aryl methyl sites for hydroxylation is 2. The monoisotopic (exact) mass is 233 g/mol. The van der Waals surface area contributed by atoms with Crippen LogP contribution in [0.2, 0.25) is 0 Å². The second-order valence-corrected chi connectivity index (χ2v) is 5.08. The summed E-state index contributed by atoms with van der Waals surface area (Å²) in [7, 11) is 0. The van der Waals surface area contributed by atoms with Crippen LogP contribution in [0.15, 0.2) is 18.2 Å². The van der Waals surface area contributed by atoms with Crippen LogP contribution in [0.5, 0.6) is 0 Å². The van der Waals surface area contributed by atoms with E-state index in [1.165, 1.54) is 29.5 Å². The van der Waals surface area contributed by atoms with Crippen LogP contribution < -0.4 is 5.32 Å². The molecule has 94 valence electrons. The molecule has 0 spiro atoms. The van der Waals surface area contributed by atoms with Crippen molar-refractivity contribution in [1.29, 1.82) is 0 Å². The zero-order valence-electron chi connectivity index (χ0n) is 11.0. The molecule has 1 aliphatic rings. The Morgan fingerprint density at radius 3 is 2.47 bits per heavy atom. The normalized spacial score (nSPS) is 17.3. The average Bonchev–Trinajstić information content (AvgIpc) is 2.34. The summed E-state index contributed by atoms with van der Waals surface area (Å²) in [5, 5.41) is 3.39. The van der Waals surface area contributed by atoms with Crippen molar-refractivity contribution in [2.45, 2.75) is 33.3 Å². The molecule has 0 radical (unpaired) electrons. The van der Waals surface area contributed by atoms with Gasteiger partial charge in [0.05, 0.1) is 6.61 Å². The molecule has 0 aromatic heterocycles. The molecule has 1 aromatic carbocycles. The molecule has 1 aromatic rings. The van der Waals surface area contributed by atoms with Gasteiger partial charge in [0.25, 0.3) is 0 Å². The van der Waals surface area contributed by atoms with E-state index in [-0.39, 0.29) is 0 Å². The van der Waals surface area contributed by atoms with E-state index in [2.05, 4.69) is 37.4 Å². The van der Waals surface area contributed by atoms with Gasteiger partial charge in [-0.2, -0.15) is 0 Å². The average molecular weight is 233 g/mol. The van der Waals surface area contributed by atoms with E-state index >= 15 is 0 Å². The second kappa shape index (κ2) is 6.18. The fourth-order valence-corrected chi connectivity index (χ4v) is 2.45. The van der Waals surface area contributed by atoms with Crippen molar-refractivity contribution in [3.8, 4) is 0 Å². The molecule has 0 atom stereocenters. The van der Waals surface area contributed by atoms with Crippen molar-refractivity contribution in [3.05, 3.63) is 34.9 Å². The number of hydrogen-bond acceptors (Lipinski definition) is 2. The van der Waals surface area contributed by atoms with Gasteiger partial charge in [-0.3, -0.25) is 0 Å². The molecule has 0 amide bonds. The molecule has 1 fully saturated rings. The van der Waals surface area contributed by atoms with Crippen LogP contribution in [0.3, 0.4) is 0 Å². The first-order chi connectivity index (χ1) is 8.27. The number of rotatable bonds is 4. The highest BCUT2D eigenvalue weighted by atomic mass is 16.5. The Labute approximate surface area is 104 Å². The van der Waals surface area contributed by atoms with Gasteiger partial charge in [-0.15, -0.1) is 0 Å². The topological polar surface area (TPSA) is 21.3 Å². The molecule has 0 saturated carbocycles. The Morgan fingerprint density at radius 1 is 1.18 bits per heavy atom. The highest BCUT2D eigenvalue weighted by Gasteiger charge is 2.13. The highest BCUT2D eigenvalue weighted by Crippen LogP contribution is 2.17. The van der Waals surface area contributed by atoms with Gasteiger partial charge in [0, 0.05) is 6.61 Å². The van der Waals surface area contributed by atoms with Crippen LogP contribution in [0, 0.1) is 19.8 Å². The molecule has 0 aliphatic carbocycles. The standard InChI is InChI=1S/C15H23NO/c1-12-4-3-5-13(2)15(12)11-17-10-14-6-8-16-9-7-14/h3-5,14,16H,6-11H2,1-2H3. The van der Waals surface area contributed by atoms with Crippen LogP contribution >= 0.6 is 0 Å². The van der Waals surface area contributed by atoms with Gasteiger partial charge in [0.2, 0.25) is 0 Å². The van der Waals surface area contributed by atoms with E-state index in [0.29, 0.717) is 0 Å². The van der Waals surface area contributed by atoms with Crippen molar-refractivity contribution < 1.29 is 4.74 Å². The molecule has 17 heavy (non-hydrogen) atoms. The summed E-state index contributed by atoms with van der Waals surface area (Å²) >= 11 is 0. The summed E-state index contributed by atoms with van der Waals surface area (Å²) in [5.41, 5.74) is 4.05. The molecular weight excluding hydrogens is 210 g/mol. The van der Waals surface area contributed by atoms with Crippen molar-refractivity contribution >= 4 is 0 Å². The van der Waals surface area contributed by atoms with Gasteiger partial charge in [0.1, 0.15) is 0 Å². The minimum absolute atomic E-state index is 0.751. The molecule has 1 heterocycles. The number of ether oxygens (including phenoxy) is 1. The fraction of sp³-hybridized carbons (Fsp3) is 0.600. The molecule has 2 heteroatoms. The zero-order chi connectivity index (χ0) is 12.1. The van der Waals surface area contributed by atoms with Crippen LogP contribution in [0.1, 0.15) is 29.5 Å². The summed E-state index contributed by atoms with van der Waals surface area (Å²) < 4.78 is 5.89. The van der Waals surface area contributed by atoms with Gasteiger partial charge >= 0.3 is 0 Å². The van der Waals surface area contributed by atoms with Gasteiger partial charge in [0.15, 0.2) is 0 Å². The summed E-state index contributed by atoms with van der Waals surface area (Å²) in [4.78, 5) is 0. The van der Waals surface area contributed by atoms with Crippen molar-refractivity contribution in [2.75, 3.05) is 19.7 Å². The molecule has 2 rings (SSSR count). The first kappa shape index (κ1) is 12.6. The van der Waals surface area contributed by atoms with E-state index in [0.717, 1.165) is 32.2 Å². The van der Waals surface area contributed by atoms with Crippen molar-refractivity contribution in [1.82, 2.24) is 5.32 Å². The maximum atomic E-state index is 5.89. The van der Waals surface area contributed by atoms with E-state index in [4.69, 9.17) is 4.74 Å². The number of piperidine rings is 1. The summed E-state index contributed by atoms with van der Waals surface area (Å²) in [6.45, 7) is 8.30. The summed E-state index contributed by atoms with van der Waals surface area (Å²) in [6.07, 6.45) is 2.51. The molecule has 1 aliphatic heterocycles. The third kappa shape index (κ3) is 3.55. The number of hydrogen-bond donors (Lipinski definition) is 1. The van der Waals surface area contributed by atoms with Gasteiger partial charge in [-0.05, 0) is 62.4 Å². The van der Waals surface area contributed by atoms with Crippen LogP contribution in [-0.4, -0.2) is 19.7 Å². The lowest BCUT2D eigenvalue weighted by atomic mass is 9.99. The largest absolute Gasteiger partial charge is 0.376 e. The number of benzene rings is 1. The second-order valence-electron chi connectivity index (χ2n) is 5.08. The van der Waals surface area contributed by atoms with Crippen LogP contribution in [0.25, 0.3) is 0 Å². The van der Waals surface area contributed by atoms with E-state index in [9.17, 15) is 0 Å². The van der Waals surface area contributed by atoms with Crippen LogP contribution in [0.4, 0.5) is 0 Å². The quantitative estimate of drug-likeness (QED) is 0.863. The summed E-state index contributed by atoms with van der Waals surface area (Å²) in [5.74, 6) is 0.751. The smallest absolute Gasteiger partial charge is 0.0722 e. The predicted molar refractivity (Wildman–Crippen MR) is 71.2 cm³/mol.